The normalized spacial score (nSPS) is 12.2. The molecule has 0 heterocycles. The van der Waals surface area contributed by atoms with E-state index in [9.17, 15) is 4.79 Å². The molecular weight excluding hydrogens is 214 g/mol. The topological polar surface area (TPSA) is 38.3 Å². The molecule has 0 unspecified atom stereocenters. The van der Waals surface area contributed by atoms with Crippen molar-refractivity contribution in [2.45, 2.75) is 33.4 Å². The maximum atomic E-state index is 11.6. The highest BCUT2D eigenvalue weighted by molar-refractivity contribution is 5.78. The maximum absolute atomic E-state index is 11.6. The molecule has 1 aromatic carbocycles. The van der Waals surface area contributed by atoms with Crippen LogP contribution in [-0.4, -0.2) is 13.0 Å². The number of amides is 1. The van der Waals surface area contributed by atoms with Gasteiger partial charge in [-0.2, -0.15) is 0 Å². The van der Waals surface area contributed by atoms with Crippen LogP contribution >= 0.6 is 0 Å². The molecule has 0 saturated carbocycles. The van der Waals surface area contributed by atoms with Gasteiger partial charge < -0.3 is 10.1 Å². The Balaban J connectivity index is 2.51. The summed E-state index contributed by atoms with van der Waals surface area (Å²) in [5.74, 6) is 0.196. The van der Waals surface area contributed by atoms with E-state index in [1.807, 2.05) is 32.0 Å². The van der Waals surface area contributed by atoms with Crippen molar-refractivity contribution in [3.05, 3.63) is 35.4 Å². The highest BCUT2D eigenvalue weighted by Gasteiger charge is 2.09. The van der Waals surface area contributed by atoms with Crippen LogP contribution in [0.1, 0.15) is 31.4 Å². The van der Waals surface area contributed by atoms with Crippen molar-refractivity contribution in [1.29, 1.82) is 0 Å². The van der Waals surface area contributed by atoms with Gasteiger partial charge in [-0.25, -0.2) is 0 Å². The van der Waals surface area contributed by atoms with Crippen molar-refractivity contribution in [2.24, 2.45) is 5.92 Å². The summed E-state index contributed by atoms with van der Waals surface area (Å²) < 4.78 is 5.08. The van der Waals surface area contributed by atoms with Crippen LogP contribution in [0.5, 0.6) is 0 Å². The Labute approximate surface area is 103 Å². The summed E-state index contributed by atoms with van der Waals surface area (Å²) in [6.45, 7) is 5.15. The molecule has 1 N–H and O–H groups in total. The van der Waals surface area contributed by atoms with Crippen LogP contribution in [-0.2, 0) is 22.7 Å². The Bertz CT molecular complexity index is 363. The van der Waals surface area contributed by atoms with Crippen molar-refractivity contribution in [3.63, 3.8) is 0 Å². The van der Waals surface area contributed by atoms with E-state index in [1.54, 1.807) is 7.11 Å². The second-order valence-electron chi connectivity index (χ2n) is 4.28. The summed E-state index contributed by atoms with van der Waals surface area (Å²) in [4.78, 5) is 11.6. The van der Waals surface area contributed by atoms with Crippen molar-refractivity contribution in [3.8, 4) is 0 Å². The van der Waals surface area contributed by atoms with Gasteiger partial charge in [0.05, 0.1) is 6.61 Å². The van der Waals surface area contributed by atoms with E-state index in [-0.39, 0.29) is 11.8 Å². The van der Waals surface area contributed by atoms with E-state index in [0.717, 1.165) is 17.5 Å². The van der Waals surface area contributed by atoms with Gasteiger partial charge >= 0.3 is 0 Å². The molecule has 94 valence electrons. The molecule has 0 fully saturated rings. The van der Waals surface area contributed by atoms with Crippen LogP contribution in [0.2, 0.25) is 0 Å². The predicted octanol–water partition coefficient (Wildman–Crippen LogP) is 2.50. The summed E-state index contributed by atoms with van der Waals surface area (Å²) in [6.07, 6.45) is 0.871. The number of carbonyl (C=O) groups excluding carboxylic acids is 1. The molecule has 3 nitrogen and oxygen atoms in total. The molecule has 0 aromatic heterocycles. The monoisotopic (exact) mass is 235 g/mol. The second kappa shape index (κ2) is 7.07. The van der Waals surface area contributed by atoms with Crippen LogP contribution in [0.25, 0.3) is 0 Å². The molecule has 0 spiro atoms. The number of hydrogen-bond donors (Lipinski definition) is 1. The molecule has 3 heteroatoms. The van der Waals surface area contributed by atoms with Crippen molar-refractivity contribution < 1.29 is 9.53 Å². The second-order valence-corrected chi connectivity index (χ2v) is 4.28. The standard InChI is InChI=1S/C14H21NO2/c1-4-11(2)14(16)15-9-12-6-5-7-13(8-12)10-17-3/h5-8,11H,4,9-10H2,1-3H3,(H,15,16)/t11-/m1/s1. The smallest absolute Gasteiger partial charge is 0.223 e. The van der Waals surface area contributed by atoms with Gasteiger partial charge in [-0.3, -0.25) is 4.79 Å². The molecule has 1 aromatic rings. The number of hydrogen-bond acceptors (Lipinski definition) is 2. The molecular formula is C14H21NO2. The lowest BCUT2D eigenvalue weighted by atomic mass is 10.1. The minimum atomic E-state index is 0.0807. The summed E-state index contributed by atoms with van der Waals surface area (Å²) in [6, 6.07) is 8.07. The molecule has 17 heavy (non-hydrogen) atoms. The third-order valence-corrected chi connectivity index (χ3v) is 2.83. The van der Waals surface area contributed by atoms with Gasteiger partial charge in [0.25, 0.3) is 0 Å². The van der Waals surface area contributed by atoms with Crippen LogP contribution in [0, 0.1) is 5.92 Å². The minimum absolute atomic E-state index is 0.0807. The fraction of sp³-hybridized carbons (Fsp3) is 0.500. The van der Waals surface area contributed by atoms with Gasteiger partial charge in [-0.1, -0.05) is 38.1 Å². The molecule has 0 aliphatic heterocycles. The first kappa shape index (κ1) is 13.7. The van der Waals surface area contributed by atoms with E-state index in [2.05, 4.69) is 11.4 Å². The Morgan fingerprint density at radius 1 is 1.41 bits per heavy atom. The SMILES string of the molecule is CC[C@@H](C)C(=O)NCc1cccc(COC)c1. The van der Waals surface area contributed by atoms with Gasteiger partial charge in [0.1, 0.15) is 0 Å². The van der Waals surface area contributed by atoms with Gasteiger partial charge in [0.2, 0.25) is 5.91 Å². The average molecular weight is 235 g/mol. The lowest BCUT2D eigenvalue weighted by Gasteiger charge is -2.10. The first-order valence-corrected chi connectivity index (χ1v) is 6.01. The maximum Gasteiger partial charge on any atom is 0.223 e. The zero-order valence-electron chi connectivity index (χ0n) is 10.8. The number of methoxy groups -OCH3 is 1. The predicted molar refractivity (Wildman–Crippen MR) is 68.5 cm³/mol. The van der Waals surface area contributed by atoms with Crippen LogP contribution in [0.15, 0.2) is 24.3 Å². The van der Waals surface area contributed by atoms with Gasteiger partial charge in [0.15, 0.2) is 0 Å². The highest BCUT2D eigenvalue weighted by Crippen LogP contribution is 2.07. The zero-order valence-corrected chi connectivity index (χ0v) is 10.8. The van der Waals surface area contributed by atoms with Gasteiger partial charge in [0, 0.05) is 19.6 Å². The third kappa shape index (κ3) is 4.57. The molecule has 0 radical (unpaired) electrons. The summed E-state index contributed by atoms with van der Waals surface area (Å²) >= 11 is 0. The largest absolute Gasteiger partial charge is 0.380 e. The van der Waals surface area contributed by atoms with E-state index < -0.39 is 0 Å². The molecule has 0 aliphatic rings. The van der Waals surface area contributed by atoms with Gasteiger partial charge in [-0.05, 0) is 17.5 Å². The third-order valence-electron chi connectivity index (χ3n) is 2.83. The molecule has 1 rings (SSSR count). The number of nitrogens with one attached hydrogen (secondary N) is 1. The van der Waals surface area contributed by atoms with E-state index in [1.165, 1.54) is 0 Å². The zero-order chi connectivity index (χ0) is 12.7. The highest BCUT2D eigenvalue weighted by atomic mass is 16.5. The lowest BCUT2D eigenvalue weighted by molar-refractivity contribution is -0.124. The average Bonchev–Trinajstić information content (AvgIpc) is 2.36. The van der Waals surface area contributed by atoms with Crippen LogP contribution in [0.4, 0.5) is 0 Å². The number of ether oxygens (including phenoxy) is 1. The Morgan fingerprint density at radius 2 is 2.12 bits per heavy atom. The summed E-state index contributed by atoms with van der Waals surface area (Å²) in [5, 5.41) is 2.94. The lowest BCUT2D eigenvalue weighted by Crippen LogP contribution is -2.28. The van der Waals surface area contributed by atoms with Crippen molar-refractivity contribution in [2.75, 3.05) is 7.11 Å². The first-order chi connectivity index (χ1) is 8.17. The molecule has 1 atom stereocenters. The first-order valence-electron chi connectivity index (χ1n) is 6.01. The van der Waals surface area contributed by atoms with E-state index in [4.69, 9.17) is 4.74 Å². The number of carbonyl (C=O) groups is 1. The quantitative estimate of drug-likeness (QED) is 0.822. The van der Waals surface area contributed by atoms with Gasteiger partial charge in [-0.15, -0.1) is 0 Å². The fourth-order valence-corrected chi connectivity index (χ4v) is 1.54. The number of rotatable bonds is 6. The van der Waals surface area contributed by atoms with Crippen LogP contribution < -0.4 is 5.32 Å². The van der Waals surface area contributed by atoms with E-state index in [0.29, 0.717) is 13.2 Å². The Hall–Kier alpha value is -1.35. The summed E-state index contributed by atoms with van der Waals surface area (Å²) in [7, 11) is 1.68. The molecule has 0 saturated heterocycles. The summed E-state index contributed by atoms with van der Waals surface area (Å²) in [5.41, 5.74) is 2.24. The van der Waals surface area contributed by atoms with Crippen LogP contribution in [0.3, 0.4) is 0 Å². The minimum Gasteiger partial charge on any atom is -0.380 e. The number of benzene rings is 1. The van der Waals surface area contributed by atoms with Crippen molar-refractivity contribution in [1.82, 2.24) is 5.32 Å². The Morgan fingerprint density at radius 3 is 2.76 bits per heavy atom. The van der Waals surface area contributed by atoms with E-state index >= 15 is 0 Å². The molecule has 0 bridgehead atoms. The van der Waals surface area contributed by atoms with Crippen molar-refractivity contribution >= 4 is 5.91 Å². The molecule has 1 amide bonds. The fourth-order valence-electron chi connectivity index (χ4n) is 1.54. The molecule has 0 aliphatic carbocycles. The Kier molecular flexibility index (Phi) is 5.70.